The third-order valence-electron chi connectivity index (χ3n) is 5.09. The van der Waals surface area contributed by atoms with E-state index in [0.29, 0.717) is 32.6 Å². The Labute approximate surface area is 145 Å². The van der Waals surface area contributed by atoms with Gasteiger partial charge in [-0.25, -0.2) is 9.18 Å². The van der Waals surface area contributed by atoms with Gasteiger partial charge in [-0.1, -0.05) is 12.1 Å². The van der Waals surface area contributed by atoms with Crippen LogP contribution in [0.3, 0.4) is 0 Å². The standard InChI is InChI=1S/C18H22FNO5/c19-13-3-1-12(2-4-13)18(7-9-24-10-8-18)11-20-16(21)14-5-6-15(25-14)17(22)23/h1-4,14-15H,5-11H2,(H,20,21)(H,22,23)/t14-,15+/m0/s1. The zero-order chi connectivity index (χ0) is 17.9. The van der Waals surface area contributed by atoms with E-state index in [9.17, 15) is 14.0 Å². The summed E-state index contributed by atoms with van der Waals surface area (Å²) in [5.74, 6) is -1.63. The molecular weight excluding hydrogens is 329 g/mol. The van der Waals surface area contributed by atoms with Gasteiger partial charge in [-0.3, -0.25) is 4.79 Å². The number of benzene rings is 1. The summed E-state index contributed by atoms with van der Waals surface area (Å²) in [5.41, 5.74) is 0.653. The highest BCUT2D eigenvalue weighted by atomic mass is 19.1. The fourth-order valence-electron chi connectivity index (χ4n) is 3.51. The van der Waals surface area contributed by atoms with Crippen LogP contribution in [0, 0.1) is 5.82 Å². The minimum absolute atomic E-state index is 0.295. The molecule has 25 heavy (non-hydrogen) atoms. The summed E-state index contributed by atoms with van der Waals surface area (Å²) in [6.45, 7) is 1.54. The Balaban J connectivity index is 1.66. The van der Waals surface area contributed by atoms with Crippen molar-refractivity contribution in [2.75, 3.05) is 19.8 Å². The highest BCUT2D eigenvalue weighted by Gasteiger charge is 2.38. The zero-order valence-corrected chi connectivity index (χ0v) is 13.9. The number of carboxylic acid groups (broad SMARTS) is 1. The minimum Gasteiger partial charge on any atom is -0.479 e. The average Bonchev–Trinajstić information content (AvgIpc) is 3.12. The second-order valence-electron chi connectivity index (χ2n) is 6.65. The predicted molar refractivity (Wildman–Crippen MR) is 86.7 cm³/mol. The summed E-state index contributed by atoms with van der Waals surface area (Å²) in [5, 5.41) is 11.9. The minimum atomic E-state index is -1.04. The summed E-state index contributed by atoms with van der Waals surface area (Å²) in [7, 11) is 0. The van der Waals surface area contributed by atoms with Gasteiger partial charge < -0.3 is 19.9 Å². The third-order valence-corrected chi connectivity index (χ3v) is 5.09. The highest BCUT2D eigenvalue weighted by Crippen LogP contribution is 2.34. The van der Waals surface area contributed by atoms with Crippen molar-refractivity contribution in [1.82, 2.24) is 5.32 Å². The van der Waals surface area contributed by atoms with Gasteiger partial charge in [-0.2, -0.15) is 0 Å². The number of aliphatic carboxylic acids is 1. The maximum absolute atomic E-state index is 13.2. The van der Waals surface area contributed by atoms with Crippen LogP contribution >= 0.6 is 0 Å². The van der Waals surface area contributed by atoms with Crippen molar-refractivity contribution in [2.24, 2.45) is 0 Å². The highest BCUT2D eigenvalue weighted by molar-refractivity contribution is 5.82. The van der Waals surface area contributed by atoms with Crippen molar-refractivity contribution in [3.05, 3.63) is 35.6 Å². The molecule has 2 N–H and O–H groups in total. The number of rotatable bonds is 5. The van der Waals surface area contributed by atoms with Gasteiger partial charge in [0.15, 0.2) is 6.10 Å². The molecule has 1 aromatic carbocycles. The zero-order valence-electron chi connectivity index (χ0n) is 13.9. The largest absolute Gasteiger partial charge is 0.479 e. The van der Waals surface area contributed by atoms with Crippen LogP contribution in [-0.2, 0) is 24.5 Å². The van der Waals surface area contributed by atoms with E-state index < -0.39 is 18.2 Å². The first-order valence-corrected chi connectivity index (χ1v) is 8.50. The molecule has 0 saturated carbocycles. The SMILES string of the molecule is O=C(NCC1(c2ccc(F)cc2)CCOCC1)[C@@H]1CC[C@H](C(=O)O)O1. The Morgan fingerprint density at radius 2 is 1.80 bits per heavy atom. The summed E-state index contributed by atoms with van der Waals surface area (Å²) < 4.78 is 24.0. The van der Waals surface area contributed by atoms with E-state index >= 15 is 0 Å². The molecule has 2 heterocycles. The number of carboxylic acids is 1. The molecule has 0 bridgehead atoms. The Morgan fingerprint density at radius 1 is 1.16 bits per heavy atom. The Bertz CT molecular complexity index is 627. The van der Waals surface area contributed by atoms with Crippen molar-refractivity contribution in [1.29, 1.82) is 0 Å². The van der Waals surface area contributed by atoms with E-state index in [1.807, 2.05) is 0 Å². The van der Waals surface area contributed by atoms with E-state index in [4.69, 9.17) is 14.6 Å². The Kier molecular flexibility index (Phi) is 5.34. The van der Waals surface area contributed by atoms with Crippen LogP contribution in [0.25, 0.3) is 0 Å². The van der Waals surface area contributed by atoms with Gasteiger partial charge in [0, 0.05) is 25.2 Å². The molecule has 2 atom stereocenters. The topological polar surface area (TPSA) is 84.9 Å². The maximum Gasteiger partial charge on any atom is 0.332 e. The molecule has 6 nitrogen and oxygen atoms in total. The van der Waals surface area contributed by atoms with Crippen molar-refractivity contribution in [3.63, 3.8) is 0 Å². The van der Waals surface area contributed by atoms with E-state index in [2.05, 4.69) is 5.32 Å². The van der Waals surface area contributed by atoms with Crippen molar-refractivity contribution in [3.8, 4) is 0 Å². The quantitative estimate of drug-likeness (QED) is 0.842. The molecule has 7 heteroatoms. The molecule has 0 unspecified atom stereocenters. The molecule has 2 aliphatic heterocycles. The molecule has 0 radical (unpaired) electrons. The summed E-state index contributed by atoms with van der Waals surface area (Å²) in [4.78, 5) is 23.3. The fraction of sp³-hybridized carbons (Fsp3) is 0.556. The van der Waals surface area contributed by atoms with Crippen molar-refractivity contribution in [2.45, 2.75) is 43.3 Å². The van der Waals surface area contributed by atoms with Crippen LogP contribution in [-0.4, -0.2) is 48.9 Å². The van der Waals surface area contributed by atoms with Gasteiger partial charge in [0.05, 0.1) is 0 Å². The van der Waals surface area contributed by atoms with Gasteiger partial charge in [-0.15, -0.1) is 0 Å². The Morgan fingerprint density at radius 3 is 2.40 bits per heavy atom. The number of carbonyl (C=O) groups is 2. The first-order valence-electron chi connectivity index (χ1n) is 8.50. The lowest BCUT2D eigenvalue weighted by Gasteiger charge is -2.38. The molecule has 2 saturated heterocycles. The van der Waals surface area contributed by atoms with E-state index in [1.54, 1.807) is 12.1 Å². The van der Waals surface area contributed by atoms with Crippen molar-refractivity contribution >= 4 is 11.9 Å². The van der Waals surface area contributed by atoms with E-state index in [-0.39, 0.29) is 17.1 Å². The maximum atomic E-state index is 13.2. The van der Waals surface area contributed by atoms with E-state index in [1.165, 1.54) is 12.1 Å². The van der Waals surface area contributed by atoms with Gasteiger partial charge in [0.2, 0.25) is 5.91 Å². The van der Waals surface area contributed by atoms with Crippen LogP contribution in [0.15, 0.2) is 24.3 Å². The fourth-order valence-corrected chi connectivity index (χ4v) is 3.51. The molecule has 0 aromatic heterocycles. The molecule has 1 aromatic rings. The van der Waals surface area contributed by atoms with Crippen LogP contribution < -0.4 is 5.32 Å². The van der Waals surface area contributed by atoms with Gasteiger partial charge >= 0.3 is 5.97 Å². The molecule has 3 rings (SSSR count). The molecule has 0 spiro atoms. The molecular formula is C18H22FNO5. The number of carbonyl (C=O) groups excluding carboxylic acids is 1. The van der Waals surface area contributed by atoms with Crippen LogP contribution in [0.1, 0.15) is 31.2 Å². The predicted octanol–water partition coefficient (Wildman–Crippen LogP) is 1.62. The monoisotopic (exact) mass is 351 g/mol. The lowest BCUT2D eigenvalue weighted by atomic mass is 9.74. The molecule has 2 fully saturated rings. The number of ether oxygens (including phenoxy) is 2. The van der Waals surface area contributed by atoms with E-state index in [0.717, 1.165) is 18.4 Å². The first-order chi connectivity index (χ1) is 12.0. The van der Waals surface area contributed by atoms with Crippen LogP contribution in [0.2, 0.25) is 0 Å². The lowest BCUT2D eigenvalue weighted by Crippen LogP contribution is -2.47. The molecule has 0 aliphatic carbocycles. The molecule has 1 amide bonds. The van der Waals surface area contributed by atoms with Gasteiger partial charge in [0.25, 0.3) is 0 Å². The smallest absolute Gasteiger partial charge is 0.332 e. The third kappa shape index (κ3) is 3.99. The molecule has 2 aliphatic rings. The number of hydrogen-bond acceptors (Lipinski definition) is 4. The lowest BCUT2D eigenvalue weighted by molar-refractivity contribution is -0.151. The normalized spacial score (nSPS) is 25.5. The Hall–Kier alpha value is -1.99. The van der Waals surface area contributed by atoms with Gasteiger partial charge in [0.1, 0.15) is 11.9 Å². The number of amides is 1. The number of halogens is 1. The second-order valence-corrected chi connectivity index (χ2v) is 6.65. The summed E-state index contributed by atoms with van der Waals surface area (Å²) >= 11 is 0. The number of nitrogens with one attached hydrogen (secondary N) is 1. The number of hydrogen-bond donors (Lipinski definition) is 2. The second kappa shape index (κ2) is 7.49. The average molecular weight is 351 g/mol. The van der Waals surface area contributed by atoms with Crippen LogP contribution in [0.5, 0.6) is 0 Å². The van der Waals surface area contributed by atoms with Gasteiger partial charge in [-0.05, 0) is 43.4 Å². The van der Waals surface area contributed by atoms with Crippen LogP contribution in [0.4, 0.5) is 4.39 Å². The molecule has 136 valence electrons. The summed E-state index contributed by atoms with van der Waals surface area (Å²) in [6, 6.07) is 6.34. The summed E-state index contributed by atoms with van der Waals surface area (Å²) in [6.07, 6.45) is 0.542. The van der Waals surface area contributed by atoms with Crippen molar-refractivity contribution < 1.29 is 28.6 Å². The first kappa shape index (κ1) is 17.8.